The van der Waals surface area contributed by atoms with Crippen molar-refractivity contribution < 1.29 is 14.7 Å². The van der Waals surface area contributed by atoms with Gasteiger partial charge in [0, 0.05) is 30.2 Å². The van der Waals surface area contributed by atoms with Crippen LogP contribution in [0, 0.1) is 0 Å². The van der Waals surface area contributed by atoms with Gasteiger partial charge in [-0.3, -0.25) is 9.48 Å². The second kappa shape index (κ2) is 7.93. The molecular weight excluding hydrogens is 376 g/mol. The van der Waals surface area contributed by atoms with Crippen LogP contribution in [-0.4, -0.2) is 49.7 Å². The maximum Gasteiger partial charge on any atom is 0.338 e. The van der Waals surface area contributed by atoms with E-state index in [1.807, 2.05) is 40.6 Å². The summed E-state index contributed by atoms with van der Waals surface area (Å²) >= 11 is 1.55. The second-order valence-electron chi connectivity index (χ2n) is 6.81. The lowest BCUT2D eigenvalue weighted by Gasteiger charge is -2.32. The fraction of sp³-hybridized carbons (Fsp3) is 0.300. The molecule has 0 saturated carbocycles. The van der Waals surface area contributed by atoms with Gasteiger partial charge < -0.3 is 10.0 Å². The Morgan fingerprint density at radius 2 is 1.93 bits per heavy atom. The summed E-state index contributed by atoms with van der Waals surface area (Å²) in [5, 5.41) is 16.0. The van der Waals surface area contributed by atoms with Gasteiger partial charge in [-0.15, -0.1) is 11.3 Å². The third-order valence-electron chi connectivity index (χ3n) is 4.94. The molecule has 0 aliphatic carbocycles. The van der Waals surface area contributed by atoms with Gasteiger partial charge in [-0.1, -0.05) is 30.3 Å². The molecule has 1 fully saturated rings. The first-order valence-electron chi connectivity index (χ1n) is 9.15. The van der Waals surface area contributed by atoms with Crippen molar-refractivity contribution in [3.05, 3.63) is 59.4 Å². The van der Waals surface area contributed by atoms with Crippen LogP contribution in [0.3, 0.4) is 0 Å². The number of rotatable bonds is 5. The summed E-state index contributed by atoms with van der Waals surface area (Å²) in [5.41, 5.74) is 2.05. The average Bonchev–Trinajstić information content (AvgIpc) is 3.39. The highest BCUT2D eigenvalue weighted by molar-refractivity contribution is 7.13. The van der Waals surface area contributed by atoms with Crippen molar-refractivity contribution >= 4 is 23.2 Å². The van der Waals surface area contributed by atoms with E-state index >= 15 is 0 Å². The first kappa shape index (κ1) is 18.4. The van der Waals surface area contributed by atoms with Crippen LogP contribution in [0.25, 0.3) is 10.6 Å². The first-order valence-corrected chi connectivity index (χ1v) is 10.0. The zero-order valence-electron chi connectivity index (χ0n) is 15.2. The number of aromatic nitrogens is 3. The molecule has 0 spiro atoms. The van der Waals surface area contributed by atoms with E-state index in [4.69, 9.17) is 5.11 Å². The van der Waals surface area contributed by atoms with Crippen LogP contribution >= 0.6 is 11.3 Å². The van der Waals surface area contributed by atoms with Crippen LogP contribution in [-0.2, 0) is 11.2 Å². The lowest BCUT2D eigenvalue weighted by molar-refractivity contribution is -0.131. The lowest BCUT2D eigenvalue weighted by atomic mass is 10.0. The van der Waals surface area contributed by atoms with Gasteiger partial charge in [0.25, 0.3) is 0 Å². The fourth-order valence-electron chi connectivity index (χ4n) is 3.40. The molecule has 8 heteroatoms. The van der Waals surface area contributed by atoms with Gasteiger partial charge in [-0.25, -0.2) is 9.78 Å². The molecule has 4 rings (SSSR count). The first-order chi connectivity index (χ1) is 13.6. The van der Waals surface area contributed by atoms with Gasteiger partial charge in [0.05, 0.1) is 29.9 Å². The Morgan fingerprint density at radius 3 is 2.61 bits per heavy atom. The Bertz CT molecular complexity index is 974. The predicted molar refractivity (Wildman–Crippen MR) is 105 cm³/mol. The summed E-state index contributed by atoms with van der Waals surface area (Å²) in [6.07, 6.45) is 4.76. The van der Waals surface area contributed by atoms with E-state index in [1.165, 1.54) is 6.20 Å². The van der Waals surface area contributed by atoms with Crippen molar-refractivity contribution in [2.75, 3.05) is 13.1 Å². The van der Waals surface area contributed by atoms with E-state index in [9.17, 15) is 9.59 Å². The summed E-state index contributed by atoms with van der Waals surface area (Å²) in [5.74, 6) is -0.896. The Kier molecular flexibility index (Phi) is 5.21. The minimum Gasteiger partial charge on any atom is -0.478 e. The molecule has 1 aliphatic heterocycles. The normalized spacial score (nSPS) is 14.9. The molecule has 3 aromatic rings. The van der Waals surface area contributed by atoms with E-state index in [0.717, 1.165) is 29.1 Å². The number of carbonyl (C=O) groups is 2. The van der Waals surface area contributed by atoms with E-state index in [0.29, 0.717) is 19.5 Å². The highest BCUT2D eigenvalue weighted by Crippen LogP contribution is 2.25. The number of carboxylic acid groups (broad SMARTS) is 1. The summed E-state index contributed by atoms with van der Waals surface area (Å²) in [6.45, 7) is 1.28. The number of hydrogen-bond acceptors (Lipinski definition) is 5. The number of carboxylic acids is 1. The maximum atomic E-state index is 12.6. The Labute approximate surface area is 166 Å². The minimum atomic E-state index is -0.975. The van der Waals surface area contributed by atoms with Gasteiger partial charge in [0.15, 0.2) is 0 Å². The fourth-order valence-corrected chi connectivity index (χ4v) is 4.22. The molecule has 0 atom stereocenters. The Hall–Kier alpha value is -3.00. The van der Waals surface area contributed by atoms with Gasteiger partial charge >= 0.3 is 5.97 Å². The van der Waals surface area contributed by atoms with Crippen molar-refractivity contribution in [3.8, 4) is 10.6 Å². The maximum absolute atomic E-state index is 12.6. The molecule has 1 saturated heterocycles. The number of aromatic carboxylic acids is 1. The third-order valence-corrected chi connectivity index (χ3v) is 5.88. The average molecular weight is 396 g/mol. The number of benzene rings is 1. The molecule has 3 heterocycles. The number of hydrogen-bond donors (Lipinski definition) is 1. The molecule has 1 N–H and O–H groups in total. The van der Waals surface area contributed by atoms with Crippen molar-refractivity contribution in [1.82, 2.24) is 19.7 Å². The zero-order valence-corrected chi connectivity index (χ0v) is 16.0. The molecule has 0 radical (unpaired) electrons. The van der Waals surface area contributed by atoms with Crippen molar-refractivity contribution in [2.24, 2.45) is 0 Å². The second-order valence-corrected chi connectivity index (χ2v) is 7.67. The minimum absolute atomic E-state index is 0.0788. The molecule has 144 valence electrons. The van der Waals surface area contributed by atoms with Crippen LogP contribution in [0.4, 0.5) is 0 Å². The molecule has 2 aromatic heterocycles. The molecule has 28 heavy (non-hydrogen) atoms. The summed E-state index contributed by atoms with van der Waals surface area (Å²) in [4.78, 5) is 30.1. The standard InChI is InChI=1S/C20H20N4O3S/c25-18(10-16-13-28-19(22-16)14-4-2-1-3-5-14)23-8-6-17(7-9-23)24-12-15(11-21-24)20(26)27/h1-5,11-13,17H,6-10H2,(H,26,27). The van der Waals surface area contributed by atoms with Crippen LogP contribution in [0.1, 0.15) is 34.9 Å². The Balaban J connectivity index is 1.33. The molecule has 0 bridgehead atoms. The van der Waals surface area contributed by atoms with Crippen molar-refractivity contribution in [3.63, 3.8) is 0 Å². The van der Waals surface area contributed by atoms with E-state index in [-0.39, 0.29) is 17.5 Å². The quantitative estimate of drug-likeness (QED) is 0.716. The molecule has 0 unspecified atom stereocenters. The van der Waals surface area contributed by atoms with Gasteiger partial charge in [0.1, 0.15) is 5.01 Å². The van der Waals surface area contributed by atoms with E-state index in [1.54, 1.807) is 22.2 Å². The SMILES string of the molecule is O=C(O)c1cnn(C2CCN(C(=O)Cc3csc(-c4ccccc4)n3)CC2)c1. The van der Waals surface area contributed by atoms with Crippen LogP contribution in [0.2, 0.25) is 0 Å². The van der Waals surface area contributed by atoms with Crippen LogP contribution in [0.5, 0.6) is 0 Å². The highest BCUT2D eigenvalue weighted by Gasteiger charge is 2.25. The lowest BCUT2D eigenvalue weighted by Crippen LogP contribution is -2.40. The molecule has 1 aromatic carbocycles. The number of nitrogens with zero attached hydrogens (tertiary/aromatic N) is 4. The van der Waals surface area contributed by atoms with E-state index < -0.39 is 5.97 Å². The number of amides is 1. The number of thiazole rings is 1. The van der Waals surface area contributed by atoms with Gasteiger partial charge in [0.2, 0.25) is 5.91 Å². The van der Waals surface area contributed by atoms with Gasteiger partial charge in [-0.2, -0.15) is 5.10 Å². The molecule has 1 aliphatic rings. The largest absolute Gasteiger partial charge is 0.478 e. The summed E-state index contributed by atoms with van der Waals surface area (Å²) in [6, 6.07) is 10.1. The number of piperidine rings is 1. The van der Waals surface area contributed by atoms with Crippen LogP contribution in [0.15, 0.2) is 48.1 Å². The smallest absolute Gasteiger partial charge is 0.338 e. The number of likely N-dealkylation sites (tertiary alicyclic amines) is 1. The highest BCUT2D eigenvalue weighted by atomic mass is 32.1. The third kappa shape index (κ3) is 3.96. The van der Waals surface area contributed by atoms with E-state index in [2.05, 4.69) is 10.1 Å². The van der Waals surface area contributed by atoms with Crippen LogP contribution < -0.4 is 0 Å². The van der Waals surface area contributed by atoms with Crippen molar-refractivity contribution in [1.29, 1.82) is 0 Å². The summed E-state index contributed by atoms with van der Waals surface area (Å²) in [7, 11) is 0. The zero-order chi connectivity index (χ0) is 19.5. The number of carbonyl (C=O) groups excluding carboxylic acids is 1. The van der Waals surface area contributed by atoms with Crippen molar-refractivity contribution in [2.45, 2.75) is 25.3 Å². The monoisotopic (exact) mass is 396 g/mol. The Morgan fingerprint density at radius 1 is 1.18 bits per heavy atom. The summed E-state index contributed by atoms with van der Waals surface area (Å²) < 4.78 is 1.71. The molecular formula is C20H20N4O3S. The molecule has 7 nitrogen and oxygen atoms in total. The topological polar surface area (TPSA) is 88.3 Å². The predicted octanol–water partition coefficient (Wildman–Crippen LogP) is 3.11. The van der Waals surface area contributed by atoms with Gasteiger partial charge in [-0.05, 0) is 12.8 Å². The molecule has 1 amide bonds.